The summed E-state index contributed by atoms with van der Waals surface area (Å²) >= 11 is 0. The normalized spacial score (nSPS) is 11.6. The fourth-order valence-electron chi connectivity index (χ4n) is 5.61. The SMILES string of the molecule is CCCCCCCCCCCCCC[P+](Cc1ccccc1)(Cc1ccccc1)Cc1ccccc1. The summed E-state index contributed by atoms with van der Waals surface area (Å²) in [5.41, 5.74) is 4.57. The smallest absolute Gasteiger partial charge is 0.0654 e. The first kappa shape index (κ1) is 28.7. The van der Waals surface area contributed by atoms with E-state index in [-0.39, 0.29) is 0 Å². The maximum Gasteiger partial charge on any atom is 0.0849 e. The lowest BCUT2D eigenvalue weighted by molar-refractivity contribution is 0.548. The van der Waals surface area contributed by atoms with Crippen LogP contribution in [0.25, 0.3) is 0 Å². The van der Waals surface area contributed by atoms with Gasteiger partial charge in [-0.15, -0.1) is 0 Å². The lowest BCUT2D eigenvalue weighted by Crippen LogP contribution is -2.09. The highest BCUT2D eigenvalue weighted by Crippen LogP contribution is 2.67. The maximum atomic E-state index is 2.35. The van der Waals surface area contributed by atoms with Gasteiger partial charge in [-0.25, -0.2) is 0 Å². The summed E-state index contributed by atoms with van der Waals surface area (Å²) in [5, 5.41) is 0. The fraction of sp³-hybridized carbons (Fsp3) is 0.486. The standard InChI is InChI=1S/C35H50P/c1-2-3-4-5-6-7-8-9-10-11-12-22-29-36(30-33-23-16-13-17-24-33,31-34-25-18-14-19-26-34)32-35-27-20-15-21-28-35/h13-21,23-28H,2-12,22,29-32H2,1H3/q+1. The second kappa shape index (κ2) is 17.5. The topological polar surface area (TPSA) is 0 Å². The average Bonchev–Trinajstić information content (AvgIpc) is 2.91. The Hall–Kier alpha value is -1.91. The summed E-state index contributed by atoms with van der Waals surface area (Å²) in [4.78, 5) is 0. The Morgan fingerprint density at radius 3 is 1.03 bits per heavy atom. The summed E-state index contributed by atoms with van der Waals surface area (Å²) in [6.07, 6.45) is 22.3. The maximum absolute atomic E-state index is 2.35. The molecule has 3 aromatic rings. The van der Waals surface area contributed by atoms with E-state index in [0.29, 0.717) is 0 Å². The monoisotopic (exact) mass is 501 g/mol. The van der Waals surface area contributed by atoms with Gasteiger partial charge in [-0.2, -0.15) is 0 Å². The second-order valence-corrected chi connectivity index (χ2v) is 15.0. The minimum atomic E-state index is -1.24. The zero-order valence-corrected chi connectivity index (χ0v) is 23.8. The van der Waals surface area contributed by atoms with Gasteiger partial charge in [-0.3, -0.25) is 0 Å². The van der Waals surface area contributed by atoms with E-state index >= 15 is 0 Å². The van der Waals surface area contributed by atoms with Crippen molar-refractivity contribution in [1.29, 1.82) is 0 Å². The van der Waals surface area contributed by atoms with Crippen molar-refractivity contribution in [2.75, 3.05) is 6.16 Å². The molecule has 194 valence electrons. The molecule has 0 heterocycles. The van der Waals surface area contributed by atoms with Crippen molar-refractivity contribution in [3.8, 4) is 0 Å². The van der Waals surface area contributed by atoms with Crippen molar-refractivity contribution in [2.24, 2.45) is 0 Å². The Bertz CT molecular complexity index is 802. The van der Waals surface area contributed by atoms with Crippen molar-refractivity contribution >= 4 is 7.26 Å². The highest BCUT2D eigenvalue weighted by atomic mass is 31.2. The van der Waals surface area contributed by atoms with Gasteiger partial charge in [0.25, 0.3) is 0 Å². The van der Waals surface area contributed by atoms with Crippen LogP contribution in [0.2, 0.25) is 0 Å². The third kappa shape index (κ3) is 11.4. The van der Waals surface area contributed by atoms with Crippen molar-refractivity contribution in [1.82, 2.24) is 0 Å². The van der Waals surface area contributed by atoms with Crippen LogP contribution in [-0.4, -0.2) is 6.16 Å². The van der Waals surface area contributed by atoms with Gasteiger partial charge in [0, 0.05) is 7.26 Å². The first-order valence-corrected chi connectivity index (χ1v) is 17.3. The molecule has 3 rings (SSSR count). The number of hydrogen-bond donors (Lipinski definition) is 0. The average molecular weight is 502 g/mol. The van der Waals surface area contributed by atoms with Crippen LogP contribution in [0.5, 0.6) is 0 Å². The van der Waals surface area contributed by atoms with Crippen LogP contribution in [0.15, 0.2) is 91.0 Å². The van der Waals surface area contributed by atoms with Crippen LogP contribution in [0.4, 0.5) is 0 Å². The molecule has 0 bridgehead atoms. The number of hydrogen-bond acceptors (Lipinski definition) is 0. The van der Waals surface area contributed by atoms with Crippen molar-refractivity contribution < 1.29 is 0 Å². The highest BCUT2D eigenvalue weighted by molar-refractivity contribution is 7.73. The summed E-state index contributed by atoms with van der Waals surface area (Å²) < 4.78 is 0. The third-order valence-corrected chi connectivity index (χ3v) is 11.9. The van der Waals surface area contributed by atoms with Crippen molar-refractivity contribution in [3.63, 3.8) is 0 Å². The first-order chi connectivity index (χ1) is 17.8. The lowest BCUT2D eigenvalue weighted by atomic mass is 10.1. The van der Waals surface area contributed by atoms with Gasteiger partial charge in [0.05, 0.1) is 24.6 Å². The Morgan fingerprint density at radius 2 is 0.694 bits per heavy atom. The molecule has 36 heavy (non-hydrogen) atoms. The largest absolute Gasteiger partial charge is 0.0849 e. The lowest BCUT2D eigenvalue weighted by Gasteiger charge is -2.29. The minimum Gasteiger partial charge on any atom is -0.0654 e. The Kier molecular flexibility index (Phi) is 14.0. The predicted octanol–water partition coefficient (Wildman–Crippen LogP) is 11.3. The summed E-state index contributed by atoms with van der Waals surface area (Å²) in [6, 6.07) is 33.9. The molecule has 0 amide bonds. The van der Waals surface area contributed by atoms with E-state index in [0.717, 1.165) is 0 Å². The summed E-state index contributed by atoms with van der Waals surface area (Å²) in [6.45, 7) is 2.30. The molecule has 3 aromatic carbocycles. The molecule has 0 aromatic heterocycles. The van der Waals surface area contributed by atoms with Crippen LogP contribution in [0, 0.1) is 0 Å². The molecule has 0 unspecified atom stereocenters. The molecule has 0 spiro atoms. The van der Waals surface area contributed by atoms with Crippen LogP contribution in [-0.2, 0) is 18.5 Å². The van der Waals surface area contributed by atoms with Gasteiger partial charge in [-0.1, -0.05) is 162 Å². The van der Waals surface area contributed by atoms with E-state index < -0.39 is 7.26 Å². The van der Waals surface area contributed by atoms with Crippen LogP contribution in [0.3, 0.4) is 0 Å². The highest BCUT2D eigenvalue weighted by Gasteiger charge is 2.37. The molecule has 0 saturated carbocycles. The number of benzene rings is 3. The molecule has 0 nitrogen and oxygen atoms in total. The van der Waals surface area contributed by atoms with Gasteiger partial charge in [-0.05, 0) is 29.5 Å². The molecule has 0 fully saturated rings. The zero-order valence-electron chi connectivity index (χ0n) is 22.9. The molecule has 0 N–H and O–H groups in total. The molecule has 0 saturated heterocycles. The predicted molar refractivity (Wildman–Crippen MR) is 163 cm³/mol. The Morgan fingerprint density at radius 1 is 0.389 bits per heavy atom. The molecule has 0 aliphatic rings. The molecule has 0 aliphatic carbocycles. The second-order valence-electron chi connectivity index (χ2n) is 10.9. The van der Waals surface area contributed by atoms with E-state index in [1.165, 1.54) is 118 Å². The Labute approximate surface area is 223 Å². The van der Waals surface area contributed by atoms with Crippen LogP contribution < -0.4 is 0 Å². The molecule has 0 atom stereocenters. The van der Waals surface area contributed by atoms with Gasteiger partial charge in [0.15, 0.2) is 0 Å². The minimum absolute atomic E-state index is 1.24. The van der Waals surface area contributed by atoms with E-state index in [4.69, 9.17) is 0 Å². The zero-order chi connectivity index (χ0) is 25.2. The van der Waals surface area contributed by atoms with Gasteiger partial charge in [0.1, 0.15) is 0 Å². The molecular formula is C35H50P+. The van der Waals surface area contributed by atoms with Crippen molar-refractivity contribution in [2.45, 2.75) is 102 Å². The molecule has 0 radical (unpaired) electrons. The molecule has 1 heteroatoms. The molecule has 0 aliphatic heterocycles. The third-order valence-electron chi connectivity index (χ3n) is 7.57. The number of rotatable bonds is 19. The Balaban J connectivity index is 1.56. The number of unbranched alkanes of at least 4 members (excludes halogenated alkanes) is 11. The van der Waals surface area contributed by atoms with E-state index in [1.54, 1.807) is 0 Å². The molecular weight excluding hydrogens is 451 g/mol. The first-order valence-electron chi connectivity index (χ1n) is 14.8. The van der Waals surface area contributed by atoms with E-state index in [9.17, 15) is 0 Å². The van der Waals surface area contributed by atoms with Crippen LogP contribution in [0.1, 0.15) is 101 Å². The summed E-state index contributed by atoms with van der Waals surface area (Å²) in [7, 11) is -1.24. The fourth-order valence-corrected chi connectivity index (χ4v) is 10.3. The summed E-state index contributed by atoms with van der Waals surface area (Å²) in [5.74, 6) is 0. The van der Waals surface area contributed by atoms with Gasteiger partial charge >= 0.3 is 0 Å². The van der Waals surface area contributed by atoms with Crippen LogP contribution >= 0.6 is 7.26 Å². The van der Waals surface area contributed by atoms with E-state index in [1.807, 2.05) is 0 Å². The van der Waals surface area contributed by atoms with Gasteiger partial charge in [0.2, 0.25) is 0 Å². The van der Waals surface area contributed by atoms with Gasteiger partial charge < -0.3 is 0 Å². The quantitative estimate of drug-likeness (QED) is 0.113. The van der Waals surface area contributed by atoms with Crippen molar-refractivity contribution in [3.05, 3.63) is 108 Å². The van der Waals surface area contributed by atoms with E-state index in [2.05, 4.69) is 97.9 Å².